The van der Waals surface area contributed by atoms with E-state index in [-0.39, 0.29) is 21.4 Å². The molecule has 1 radical (unpaired) electrons. The summed E-state index contributed by atoms with van der Waals surface area (Å²) in [6, 6.07) is 9.53. The van der Waals surface area contributed by atoms with Crippen LogP contribution in [0.25, 0.3) is 0 Å². The Kier molecular flexibility index (Phi) is 4.38. The van der Waals surface area contributed by atoms with Crippen LogP contribution >= 0.6 is 23.2 Å². The number of allylic oxidation sites excluding steroid dienone is 1. The minimum Gasteiger partial charge on any atom is -0.506 e. The van der Waals surface area contributed by atoms with Crippen molar-refractivity contribution in [2.24, 2.45) is 0 Å². The summed E-state index contributed by atoms with van der Waals surface area (Å²) in [5, 5.41) is 29.9. The van der Waals surface area contributed by atoms with Gasteiger partial charge in [0.2, 0.25) is 0 Å². The number of hydrogen-bond acceptors (Lipinski definition) is 4. The molecule has 0 saturated heterocycles. The van der Waals surface area contributed by atoms with Gasteiger partial charge >= 0.3 is 5.97 Å². The fraction of sp³-hybridized carbons (Fsp3) is 0.100. The summed E-state index contributed by atoms with van der Waals surface area (Å²) in [5.41, 5.74) is 1.24. The lowest BCUT2D eigenvalue weighted by Crippen LogP contribution is -2.28. The quantitative estimate of drug-likeness (QED) is 0.698. The molecule has 0 spiro atoms. The first kappa shape index (κ1) is 17.9. The molecule has 2 atom stereocenters. The molecule has 1 heterocycles. The second-order valence-corrected chi connectivity index (χ2v) is 7.07. The van der Waals surface area contributed by atoms with Crippen LogP contribution in [0.1, 0.15) is 27.4 Å². The summed E-state index contributed by atoms with van der Waals surface area (Å²) in [6.45, 7) is 0. The number of fused-ring (bicyclic) bond motifs is 2. The highest BCUT2D eigenvalue weighted by molar-refractivity contribution is 6.32. The molecule has 0 saturated carbocycles. The highest BCUT2D eigenvalue weighted by atomic mass is 35.5. The summed E-state index contributed by atoms with van der Waals surface area (Å²) in [7, 11) is 0. The Morgan fingerprint density at radius 1 is 1.11 bits per heavy atom. The van der Waals surface area contributed by atoms with Gasteiger partial charge in [0.25, 0.3) is 0 Å². The number of carboxylic acids is 1. The minimum absolute atomic E-state index is 0.120. The maximum absolute atomic E-state index is 11.8. The molecule has 0 amide bonds. The predicted molar refractivity (Wildman–Crippen MR) is 100 cm³/mol. The van der Waals surface area contributed by atoms with Crippen LogP contribution in [-0.4, -0.2) is 27.4 Å². The van der Waals surface area contributed by atoms with Crippen molar-refractivity contribution in [1.29, 1.82) is 0 Å². The molecule has 7 heteroatoms. The van der Waals surface area contributed by atoms with E-state index in [0.717, 1.165) is 0 Å². The van der Waals surface area contributed by atoms with Crippen molar-refractivity contribution < 1.29 is 24.9 Å². The molecule has 3 N–H and O–H groups in total. The van der Waals surface area contributed by atoms with E-state index in [9.17, 15) is 20.1 Å². The van der Waals surface area contributed by atoms with Crippen molar-refractivity contribution in [2.75, 3.05) is 0 Å². The van der Waals surface area contributed by atoms with Crippen LogP contribution in [0.2, 0.25) is 5.02 Å². The highest BCUT2D eigenvalue weighted by Crippen LogP contribution is 2.52. The smallest absolute Gasteiger partial charge is 0.335 e. The molecular weight excluding hydrogens is 391 g/mol. The van der Waals surface area contributed by atoms with E-state index in [0.29, 0.717) is 28.6 Å². The largest absolute Gasteiger partial charge is 0.506 e. The number of aliphatic hydroxyl groups excluding tert-OH is 1. The van der Waals surface area contributed by atoms with Crippen LogP contribution < -0.4 is 4.74 Å². The number of aromatic hydroxyl groups is 1. The number of aliphatic hydroxyl groups is 1. The predicted octanol–water partition coefficient (Wildman–Crippen LogP) is 4.22. The van der Waals surface area contributed by atoms with Gasteiger partial charge in [0, 0.05) is 22.6 Å². The molecule has 2 aromatic carbocycles. The molecule has 2 unspecified atom stereocenters. The second kappa shape index (κ2) is 6.60. The van der Waals surface area contributed by atoms with E-state index in [4.69, 9.17) is 27.9 Å². The van der Waals surface area contributed by atoms with Gasteiger partial charge in [0.15, 0.2) is 0 Å². The van der Waals surface area contributed by atoms with Gasteiger partial charge in [-0.25, -0.2) is 4.79 Å². The third-order valence-corrected chi connectivity index (χ3v) is 5.23. The van der Waals surface area contributed by atoms with Crippen molar-refractivity contribution in [2.45, 2.75) is 12.0 Å². The molecular formula is C20H13Cl2O5. The third-order valence-electron chi connectivity index (χ3n) is 4.59. The molecule has 0 bridgehead atoms. The lowest BCUT2D eigenvalue weighted by atomic mass is 9.74. The normalized spacial score (nSPS) is 21.4. The fourth-order valence-corrected chi connectivity index (χ4v) is 3.73. The van der Waals surface area contributed by atoms with E-state index in [2.05, 4.69) is 0 Å². The number of carboxylic acid groups (broad SMARTS) is 1. The summed E-state index contributed by atoms with van der Waals surface area (Å²) >= 11 is 12.2. The Morgan fingerprint density at radius 2 is 1.85 bits per heavy atom. The molecule has 137 valence electrons. The average molecular weight is 404 g/mol. The van der Waals surface area contributed by atoms with Crippen LogP contribution in [0.3, 0.4) is 0 Å². The van der Waals surface area contributed by atoms with Gasteiger partial charge in [-0.05, 0) is 23.8 Å². The van der Waals surface area contributed by atoms with Gasteiger partial charge in [-0.3, -0.25) is 0 Å². The van der Waals surface area contributed by atoms with E-state index in [1.165, 1.54) is 18.2 Å². The molecule has 1 aliphatic carbocycles. The molecule has 1 aliphatic heterocycles. The lowest BCUT2D eigenvalue weighted by molar-refractivity contribution is 0.0695. The van der Waals surface area contributed by atoms with Crippen molar-refractivity contribution in [3.63, 3.8) is 0 Å². The third kappa shape index (κ3) is 2.98. The molecule has 2 aliphatic rings. The Balaban J connectivity index is 1.99. The number of phenolic OH excluding ortho intramolecular Hbond substituents is 1. The highest BCUT2D eigenvalue weighted by Gasteiger charge is 2.40. The Bertz CT molecular complexity index is 1010. The van der Waals surface area contributed by atoms with Crippen molar-refractivity contribution in [1.82, 2.24) is 0 Å². The number of phenols is 1. The van der Waals surface area contributed by atoms with Crippen molar-refractivity contribution in [3.05, 3.63) is 87.0 Å². The molecule has 0 fully saturated rings. The van der Waals surface area contributed by atoms with Crippen LogP contribution in [0.4, 0.5) is 0 Å². The number of carbonyl (C=O) groups is 1. The number of aromatic carboxylic acids is 1. The van der Waals surface area contributed by atoms with Gasteiger partial charge in [0.1, 0.15) is 23.4 Å². The van der Waals surface area contributed by atoms with Crippen molar-refractivity contribution in [3.8, 4) is 11.5 Å². The molecule has 2 aromatic rings. The van der Waals surface area contributed by atoms with Crippen LogP contribution in [-0.2, 0) is 0 Å². The van der Waals surface area contributed by atoms with Gasteiger partial charge in [-0.15, -0.1) is 0 Å². The number of ether oxygens (including phenoxy) is 1. The SMILES string of the molecule is O=C(O)c1ccccc1C1[C]2C=C(Cl)C(O)C=C2Oc2cc(O)c(Cl)cc21. The summed E-state index contributed by atoms with van der Waals surface area (Å²) in [6.07, 6.45) is 2.00. The minimum atomic E-state index is -1.07. The number of hydrogen-bond donors (Lipinski definition) is 3. The Labute approximate surface area is 164 Å². The second-order valence-electron chi connectivity index (χ2n) is 6.23. The van der Waals surface area contributed by atoms with E-state index < -0.39 is 18.0 Å². The number of benzene rings is 2. The Hall–Kier alpha value is -2.47. The van der Waals surface area contributed by atoms with E-state index in [1.807, 2.05) is 0 Å². The van der Waals surface area contributed by atoms with Gasteiger partial charge in [-0.1, -0.05) is 47.5 Å². The Morgan fingerprint density at radius 3 is 2.59 bits per heavy atom. The standard InChI is InChI=1S/C20H13Cl2O5/c21-13-5-11-17(7-15(13)23)27-18-8-16(24)14(22)6-12(18)19(11)9-3-1-2-4-10(9)20(25)26/h1-8,15,19,23-24H,(H,25,26). The lowest BCUT2D eigenvalue weighted by Gasteiger charge is -2.36. The topological polar surface area (TPSA) is 87.0 Å². The van der Waals surface area contributed by atoms with Crippen LogP contribution in [0.5, 0.6) is 11.5 Å². The summed E-state index contributed by atoms with van der Waals surface area (Å²) < 4.78 is 5.84. The first-order valence-corrected chi connectivity index (χ1v) is 8.79. The van der Waals surface area contributed by atoms with E-state index >= 15 is 0 Å². The van der Waals surface area contributed by atoms with Crippen molar-refractivity contribution >= 4 is 29.2 Å². The fourth-order valence-electron chi connectivity index (χ4n) is 3.38. The first-order chi connectivity index (χ1) is 12.9. The zero-order chi connectivity index (χ0) is 19.3. The molecule has 5 nitrogen and oxygen atoms in total. The van der Waals surface area contributed by atoms with Gasteiger partial charge in [-0.2, -0.15) is 0 Å². The van der Waals surface area contributed by atoms with Crippen LogP contribution in [0, 0.1) is 5.92 Å². The number of halogens is 2. The molecule has 4 rings (SSSR count). The van der Waals surface area contributed by atoms with E-state index in [1.54, 1.807) is 30.3 Å². The van der Waals surface area contributed by atoms with Gasteiger partial charge in [0.05, 0.1) is 16.5 Å². The summed E-state index contributed by atoms with van der Waals surface area (Å²) in [4.78, 5) is 11.8. The number of rotatable bonds is 2. The summed E-state index contributed by atoms with van der Waals surface area (Å²) in [5.74, 6) is -0.489. The zero-order valence-electron chi connectivity index (χ0n) is 13.7. The van der Waals surface area contributed by atoms with Crippen LogP contribution in [0.15, 0.2) is 59.3 Å². The first-order valence-electron chi connectivity index (χ1n) is 8.03. The average Bonchev–Trinajstić information content (AvgIpc) is 2.63. The maximum atomic E-state index is 11.8. The monoisotopic (exact) mass is 403 g/mol. The molecule has 27 heavy (non-hydrogen) atoms. The zero-order valence-corrected chi connectivity index (χ0v) is 15.2. The maximum Gasteiger partial charge on any atom is 0.335 e. The molecule has 0 aromatic heterocycles. The van der Waals surface area contributed by atoms with Gasteiger partial charge < -0.3 is 20.1 Å².